The Balaban J connectivity index is 1.34. The number of amides is 4. The van der Waals surface area contributed by atoms with E-state index >= 15 is 0 Å². The lowest BCUT2D eigenvalue weighted by molar-refractivity contribution is -0.124. The molecule has 217 valence electrons. The minimum atomic E-state index is -0.951. The van der Waals surface area contributed by atoms with Gasteiger partial charge in [0, 0.05) is 11.8 Å². The Morgan fingerprint density at radius 3 is 2.17 bits per heavy atom. The van der Waals surface area contributed by atoms with E-state index in [2.05, 4.69) is 16.2 Å². The number of rotatable bonds is 10. The first-order chi connectivity index (χ1) is 20.3. The third kappa shape index (κ3) is 8.47. The number of hydrazine groups is 1. The molecule has 0 spiro atoms. The Labute approximate surface area is 249 Å². The molecule has 0 saturated heterocycles. The fraction of sp³-hybridized carbons (Fsp3) is 0.250. The van der Waals surface area contributed by atoms with E-state index in [1.165, 1.54) is 16.7 Å². The first-order valence-electron chi connectivity index (χ1n) is 13.6. The van der Waals surface area contributed by atoms with Crippen LogP contribution in [0.15, 0.2) is 96.0 Å². The summed E-state index contributed by atoms with van der Waals surface area (Å²) in [5.41, 5.74) is 8.80. The second-order valence-electron chi connectivity index (χ2n) is 10.1. The van der Waals surface area contributed by atoms with Crippen molar-refractivity contribution >= 4 is 36.1 Å². The molecule has 3 aromatic rings. The van der Waals surface area contributed by atoms with Crippen molar-refractivity contribution in [3.63, 3.8) is 0 Å². The maximum Gasteiger partial charge on any atom is 0.408 e. The Hall–Kier alpha value is -4.57. The zero-order valence-corrected chi connectivity index (χ0v) is 24.2. The van der Waals surface area contributed by atoms with E-state index in [4.69, 9.17) is 4.74 Å². The fourth-order valence-corrected chi connectivity index (χ4v) is 5.47. The first kappa shape index (κ1) is 30.4. The summed E-state index contributed by atoms with van der Waals surface area (Å²) in [6.45, 7) is 3.87. The fourth-order valence-electron chi connectivity index (χ4n) is 4.41. The zero-order chi connectivity index (χ0) is 29.9. The number of carbonyl (C=O) groups excluding carboxylic acids is 4. The predicted molar refractivity (Wildman–Crippen MR) is 162 cm³/mol. The number of urea groups is 1. The summed E-state index contributed by atoms with van der Waals surface area (Å²) in [6.07, 6.45) is 1.83. The second kappa shape index (κ2) is 14.9. The molecule has 0 aliphatic carbocycles. The van der Waals surface area contributed by atoms with E-state index in [1.54, 1.807) is 11.7 Å². The van der Waals surface area contributed by atoms with Gasteiger partial charge in [0.25, 0.3) is 12.2 Å². The van der Waals surface area contributed by atoms with Crippen LogP contribution in [0.1, 0.15) is 31.4 Å². The topological polar surface area (TPSA) is 117 Å². The highest BCUT2D eigenvalue weighted by Gasteiger charge is 2.33. The lowest BCUT2D eigenvalue weighted by atomic mass is 10.0. The van der Waals surface area contributed by atoms with Crippen LogP contribution in [0.4, 0.5) is 9.59 Å². The highest BCUT2D eigenvalue weighted by Crippen LogP contribution is 2.32. The summed E-state index contributed by atoms with van der Waals surface area (Å²) in [6, 6.07) is 25.5. The SMILES string of the molecule is CC(C)C[C@H](NC(=O)OCc1ccccc1)C(=O)NNC(=O)N1C([C]=O)=CSC1Cc1ccc(-c2ccccc2)cc1. The average Bonchev–Trinajstić information content (AvgIpc) is 3.42. The molecular formula is C32H33N4O5S. The van der Waals surface area contributed by atoms with Gasteiger partial charge in [0.05, 0.1) is 5.37 Å². The van der Waals surface area contributed by atoms with Gasteiger partial charge in [0.15, 0.2) is 0 Å². The molecule has 0 bridgehead atoms. The van der Waals surface area contributed by atoms with Crippen molar-refractivity contribution in [3.05, 3.63) is 107 Å². The van der Waals surface area contributed by atoms with Crippen LogP contribution in [0.2, 0.25) is 0 Å². The molecule has 3 aromatic carbocycles. The van der Waals surface area contributed by atoms with Gasteiger partial charge in [-0.1, -0.05) is 98.8 Å². The van der Waals surface area contributed by atoms with Crippen molar-refractivity contribution in [2.75, 3.05) is 0 Å². The van der Waals surface area contributed by atoms with Crippen LogP contribution in [-0.4, -0.2) is 40.6 Å². The van der Waals surface area contributed by atoms with Crippen LogP contribution in [0.5, 0.6) is 0 Å². The number of carbonyl (C=O) groups is 3. The molecule has 9 nitrogen and oxygen atoms in total. The van der Waals surface area contributed by atoms with E-state index in [1.807, 2.05) is 98.8 Å². The lowest BCUT2D eigenvalue weighted by Crippen LogP contribution is -2.55. The summed E-state index contributed by atoms with van der Waals surface area (Å²) in [5.74, 6) is -0.549. The Kier molecular flexibility index (Phi) is 10.8. The Morgan fingerprint density at radius 2 is 1.52 bits per heavy atom. The predicted octanol–water partition coefficient (Wildman–Crippen LogP) is 5.30. The van der Waals surface area contributed by atoms with Crippen molar-refractivity contribution in [1.29, 1.82) is 0 Å². The number of nitrogens with zero attached hydrogens (tertiary/aromatic N) is 1. The van der Waals surface area contributed by atoms with Crippen LogP contribution in [-0.2, 0) is 27.4 Å². The summed E-state index contributed by atoms with van der Waals surface area (Å²) < 4.78 is 5.25. The third-order valence-corrected chi connectivity index (χ3v) is 7.55. The molecule has 2 atom stereocenters. The molecule has 0 fully saturated rings. The number of benzene rings is 3. The van der Waals surface area contributed by atoms with Crippen LogP contribution >= 0.6 is 11.8 Å². The summed E-state index contributed by atoms with van der Waals surface area (Å²) in [5, 5.41) is 3.73. The molecule has 3 N–H and O–H groups in total. The molecule has 10 heteroatoms. The number of ether oxygens (including phenoxy) is 1. The van der Waals surface area contributed by atoms with Gasteiger partial charge in [-0.05, 0) is 34.6 Å². The minimum absolute atomic E-state index is 0.0553. The second-order valence-corrected chi connectivity index (χ2v) is 11.2. The van der Waals surface area contributed by atoms with Crippen LogP contribution in [0, 0.1) is 5.92 Å². The first-order valence-corrected chi connectivity index (χ1v) is 14.5. The smallest absolute Gasteiger partial charge is 0.408 e. The van der Waals surface area contributed by atoms with Gasteiger partial charge >= 0.3 is 12.1 Å². The Morgan fingerprint density at radius 1 is 0.881 bits per heavy atom. The lowest BCUT2D eigenvalue weighted by Gasteiger charge is -2.26. The molecule has 4 rings (SSSR count). The van der Waals surface area contributed by atoms with Crippen molar-refractivity contribution in [2.45, 2.75) is 44.7 Å². The van der Waals surface area contributed by atoms with Crippen molar-refractivity contribution in [3.8, 4) is 11.1 Å². The number of alkyl carbamates (subject to hydrolysis) is 1. The minimum Gasteiger partial charge on any atom is -0.445 e. The van der Waals surface area contributed by atoms with Crippen molar-refractivity contribution in [2.24, 2.45) is 5.92 Å². The van der Waals surface area contributed by atoms with Crippen molar-refractivity contribution in [1.82, 2.24) is 21.1 Å². The number of allylic oxidation sites excluding steroid dienone is 1. The van der Waals surface area contributed by atoms with Gasteiger partial charge in [-0.15, -0.1) is 11.8 Å². The van der Waals surface area contributed by atoms with Gasteiger partial charge in [0.1, 0.15) is 18.3 Å². The largest absolute Gasteiger partial charge is 0.445 e. The molecule has 1 aliphatic rings. The molecule has 1 aliphatic heterocycles. The van der Waals surface area contributed by atoms with E-state index < -0.39 is 29.4 Å². The van der Waals surface area contributed by atoms with Gasteiger partial charge < -0.3 is 10.1 Å². The highest BCUT2D eigenvalue weighted by molar-refractivity contribution is 8.03. The van der Waals surface area contributed by atoms with Gasteiger partial charge in [0.2, 0.25) is 0 Å². The van der Waals surface area contributed by atoms with Crippen LogP contribution in [0.3, 0.4) is 0 Å². The molecule has 4 amide bonds. The summed E-state index contributed by atoms with van der Waals surface area (Å²) in [4.78, 5) is 51.4. The standard InChI is InChI=1S/C32H33N4O5S/c1-22(2)17-28(33-32(40)41-20-24-9-5-3-6-10-24)30(38)34-35-31(39)36-27(19-37)21-42-29(36)18-23-13-15-26(16-14-23)25-11-7-4-8-12-25/h3-16,21-22,28-29H,17-18,20H2,1-2H3,(H,33,40)(H,34,38)(H,35,39)/t28-,29?/m0/s1. The number of hydrogen-bond acceptors (Lipinski definition) is 6. The average molecular weight is 586 g/mol. The van der Waals surface area contributed by atoms with Crippen LogP contribution < -0.4 is 16.2 Å². The van der Waals surface area contributed by atoms with Gasteiger partial charge in [-0.25, -0.2) is 15.0 Å². The summed E-state index contributed by atoms with van der Waals surface area (Å²) in [7, 11) is 0. The van der Waals surface area contributed by atoms with E-state index in [9.17, 15) is 19.2 Å². The molecule has 42 heavy (non-hydrogen) atoms. The number of hydrogen-bond donors (Lipinski definition) is 3. The third-order valence-electron chi connectivity index (χ3n) is 6.50. The zero-order valence-electron chi connectivity index (χ0n) is 23.4. The molecule has 1 heterocycles. The van der Waals surface area contributed by atoms with Gasteiger partial charge in [-0.2, -0.15) is 0 Å². The Bertz CT molecular complexity index is 1400. The van der Waals surface area contributed by atoms with Gasteiger partial charge in [-0.3, -0.25) is 19.9 Å². The number of nitrogens with one attached hydrogen (secondary N) is 3. The number of thioether (sulfide) groups is 1. The van der Waals surface area contributed by atoms with E-state index in [0.717, 1.165) is 22.3 Å². The highest BCUT2D eigenvalue weighted by atomic mass is 32.2. The van der Waals surface area contributed by atoms with E-state index in [0.29, 0.717) is 12.8 Å². The molecule has 1 unspecified atom stereocenters. The van der Waals surface area contributed by atoms with Crippen LogP contribution in [0.25, 0.3) is 11.1 Å². The van der Waals surface area contributed by atoms with E-state index in [-0.39, 0.29) is 18.2 Å². The molecular weight excluding hydrogens is 552 g/mol. The molecule has 0 saturated carbocycles. The monoisotopic (exact) mass is 585 g/mol. The van der Waals surface area contributed by atoms with Crippen molar-refractivity contribution < 1.29 is 23.9 Å². The maximum absolute atomic E-state index is 13.1. The summed E-state index contributed by atoms with van der Waals surface area (Å²) >= 11 is 1.32. The molecule has 1 radical (unpaired) electrons. The maximum atomic E-state index is 13.1. The normalized spacial score (nSPS) is 15.0. The quantitative estimate of drug-likeness (QED) is 0.278. The molecule has 0 aromatic heterocycles.